The molecule has 1 unspecified atom stereocenters. The van der Waals surface area contributed by atoms with E-state index in [2.05, 4.69) is 15.1 Å². The third-order valence-electron chi connectivity index (χ3n) is 2.47. The van der Waals surface area contributed by atoms with Gasteiger partial charge in [0.1, 0.15) is 5.69 Å². The summed E-state index contributed by atoms with van der Waals surface area (Å²) in [6.07, 6.45) is 0.615. The van der Waals surface area contributed by atoms with E-state index < -0.39 is 6.10 Å². The van der Waals surface area contributed by atoms with E-state index in [1.54, 1.807) is 0 Å². The highest BCUT2D eigenvalue weighted by Crippen LogP contribution is 2.14. The van der Waals surface area contributed by atoms with E-state index in [1.165, 1.54) is 0 Å². The lowest BCUT2D eigenvalue weighted by Crippen LogP contribution is -2.08. The Balaban J connectivity index is 2.18. The number of aliphatic hydroxyl groups is 1. The molecule has 90 valence electrons. The molecule has 2 heterocycles. The summed E-state index contributed by atoms with van der Waals surface area (Å²) >= 11 is 0. The van der Waals surface area contributed by atoms with E-state index in [-0.39, 0.29) is 0 Å². The maximum absolute atomic E-state index is 9.49. The molecule has 0 aliphatic rings. The summed E-state index contributed by atoms with van der Waals surface area (Å²) in [5.41, 5.74) is 1.59. The molecule has 0 aliphatic carbocycles. The van der Waals surface area contributed by atoms with Gasteiger partial charge in [0.15, 0.2) is 0 Å². The Kier molecular flexibility index (Phi) is 3.49. The normalized spacial score (nSPS) is 12.6. The highest BCUT2D eigenvalue weighted by molar-refractivity contribution is 5.47. The summed E-state index contributed by atoms with van der Waals surface area (Å²) in [5.74, 6) is 0.907. The summed E-state index contributed by atoms with van der Waals surface area (Å²) in [4.78, 5) is 8.52. The molecule has 0 spiro atoms. The zero-order valence-corrected chi connectivity index (χ0v) is 9.92. The van der Waals surface area contributed by atoms with Gasteiger partial charge >= 0.3 is 0 Å². The van der Waals surface area contributed by atoms with Crippen LogP contribution < -0.4 is 0 Å². The van der Waals surface area contributed by atoms with Crippen molar-refractivity contribution in [2.24, 2.45) is 0 Å². The van der Waals surface area contributed by atoms with Crippen LogP contribution in [-0.2, 0) is 6.42 Å². The second kappa shape index (κ2) is 5.05. The molecular formula is C12H15N3O2. The van der Waals surface area contributed by atoms with Gasteiger partial charge in [-0.15, -0.1) is 0 Å². The number of rotatable bonds is 4. The standard InChI is InChI=1S/C12H15N3O2/c1-3-9(16)7-11-14-12(15-17-11)10-6-4-5-8(2)13-10/h4-6,9,16H,3,7H2,1-2H3. The number of nitrogens with zero attached hydrogens (tertiary/aromatic N) is 3. The van der Waals surface area contributed by atoms with Crippen LogP contribution in [0.4, 0.5) is 0 Å². The highest BCUT2D eigenvalue weighted by Gasteiger charge is 2.12. The van der Waals surface area contributed by atoms with Crippen LogP contribution in [-0.4, -0.2) is 26.3 Å². The molecule has 5 heteroatoms. The molecule has 0 fully saturated rings. The van der Waals surface area contributed by atoms with Crippen LogP contribution in [0.25, 0.3) is 11.5 Å². The third kappa shape index (κ3) is 2.88. The lowest BCUT2D eigenvalue weighted by molar-refractivity contribution is 0.158. The van der Waals surface area contributed by atoms with Gasteiger partial charge in [-0.2, -0.15) is 4.98 Å². The van der Waals surface area contributed by atoms with Crippen LogP contribution in [0.15, 0.2) is 22.7 Å². The fourth-order valence-electron chi connectivity index (χ4n) is 1.46. The monoisotopic (exact) mass is 233 g/mol. The average Bonchev–Trinajstić information content (AvgIpc) is 2.77. The minimum Gasteiger partial charge on any atom is -0.393 e. The Bertz CT molecular complexity index is 496. The van der Waals surface area contributed by atoms with Crippen LogP contribution in [0.1, 0.15) is 24.9 Å². The SMILES string of the molecule is CCC(O)Cc1nc(-c2cccc(C)n2)no1. The van der Waals surface area contributed by atoms with Crippen LogP contribution in [0, 0.1) is 6.92 Å². The van der Waals surface area contributed by atoms with Crippen molar-refractivity contribution in [3.8, 4) is 11.5 Å². The topological polar surface area (TPSA) is 72.0 Å². The minimum absolute atomic E-state index is 0.384. The van der Waals surface area contributed by atoms with Gasteiger partial charge in [0, 0.05) is 5.69 Å². The Labute approximate surface area is 99.5 Å². The Morgan fingerprint density at radius 3 is 2.88 bits per heavy atom. The van der Waals surface area contributed by atoms with Gasteiger partial charge in [0.2, 0.25) is 11.7 Å². The molecule has 0 saturated carbocycles. The zero-order chi connectivity index (χ0) is 12.3. The van der Waals surface area contributed by atoms with Crippen molar-refractivity contribution in [1.29, 1.82) is 0 Å². The van der Waals surface area contributed by atoms with Crippen LogP contribution in [0.3, 0.4) is 0 Å². The lowest BCUT2D eigenvalue weighted by Gasteiger charge is -2.01. The van der Waals surface area contributed by atoms with Crippen LogP contribution >= 0.6 is 0 Å². The summed E-state index contributed by atoms with van der Waals surface area (Å²) in [7, 11) is 0. The van der Waals surface area contributed by atoms with Gasteiger partial charge < -0.3 is 9.63 Å². The van der Waals surface area contributed by atoms with Crippen molar-refractivity contribution in [1.82, 2.24) is 15.1 Å². The van der Waals surface area contributed by atoms with Crippen molar-refractivity contribution in [2.45, 2.75) is 32.8 Å². The Morgan fingerprint density at radius 1 is 1.35 bits per heavy atom. The summed E-state index contributed by atoms with van der Waals surface area (Å²) < 4.78 is 5.07. The van der Waals surface area contributed by atoms with Crippen LogP contribution in [0.2, 0.25) is 0 Å². The summed E-state index contributed by atoms with van der Waals surface area (Å²) in [6.45, 7) is 3.81. The van der Waals surface area contributed by atoms with Gasteiger partial charge in [-0.05, 0) is 25.5 Å². The average molecular weight is 233 g/mol. The number of hydrogen-bond acceptors (Lipinski definition) is 5. The van der Waals surface area contributed by atoms with E-state index >= 15 is 0 Å². The number of pyridine rings is 1. The molecule has 2 aromatic heterocycles. The molecule has 0 aromatic carbocycles. The molecule has 0 saturated heterocycles. The molecule has 0 aliphatic heterocycles. The second-order valence-corrected chi connectivity index (χ2v) is 3.94. The Hall–Kier alpha value is -1.75. The molecule has 17 heavy (non-hydrogen) atoms. The molecule has 2 rings (SSSR count). The van der Waals surface area contributed by atoms with Gasteiger partial charge in [-0.1, -0.05) is 18.1 Å². The van der Waals surface area contributed by atoms with E-state index in [1.807, 2.05) is 32.0 Å². The summed E-state index contributed by atoms with van der Waals surface area (Å²) in [5, 5.41) is 13.3. The van der Waals surface area contributed by atoms with Gasteiger partial charge in [-0.25, -0.2) is 4.98 Å². The number of aryl methyl sites for hydroxylation is 1. The first-order chi connectivity index (χ1) is 8.19. The quantitative estimate of drug-likeness (QED) is 0.871. The van der Waals surface area contributed by atoms with Gasteiger partial charge in [0.05, 0.1) is 12.5 Å². The van der Waals surface area contributed by atoms with E-state index in [0.29, 0.717) is 30.3 Å². The van der Waals surface area contributed by atoms with E-state index in [0.717, 1.165) is 5.69 Å². The lowest BCUT2D eigenvalue weighted by atomic mass is 10.2. The maximum atomic E-state index is 9.49. The van der Waals surface area contributed by atoms with E-state index in [4.69, 9.17) is 4.52 Å². The molecule has 2 aromatic rings. The predicted octanol–water partition coefficient (Wildman–Crippen LogP) is 1.75. The zero-order valence-electron chi connectivity index (χ0n) is 9.92. The number of aliphatic hydroxyl groups excluding tert-OH is 1. The highest BCUT2D eigenvalue weighted by atomic mass is 16.5. The fraction of sp³-hybridized carbons (Fsp3) is 0.417. The number of hydrogen-bond donors (Lipinski definition) is 1. The molecule has 1 N–H and O–H groups in total. The second-order valence-electron chi connectivity index (χ2n) is 3.94. The third-order valence-corrected chi connectivity index (χ3v) is 2.47. The maximum Gasteiger partial charge on any atom is 0.229 e. The first-order valence-corrected chi connectivity index (χ1v) is 5.63. The van der Waals surface area contributed by atoms with Crippen molar-refractivity contribution in [2.75, 3.05) is 0 Å². The van der Waals surface area contributed by atoms with Gasteiger partial charge in [-0.3, -0.25) is 0 Å². The fourth-order valence-corrected chi connectivity index (χ4v) is 1.46. The number of aromatic nitrogens is 3. The molecule has 1 atom stereocenters. The van der Waals surface area contributed by atoms with Gasteiger partial charge in [0.25, 0.3) is 0 Å². The smallest absolute Gasteiger partial charge is 0.229 e. The van der Waals surface area contributed by atoms with E-state index in [9.17, 15) is 5.11 Å². The predicted molar refractivity (Wildman–Crippen MR) is 62.3 cm³/mol. The van der Waals surface area contributed by atoms with Crippen molar-refractivity contribution in [3.05, 3.63) is 29.8 Å². The van der Waals surface area contributed by atoms with Crippen molar-refractivity contribution < 1.29 is 9.63 Å². The van der Waals surface area contributed by atoms with Crippen LogP contribution in [0.5, 0.6) is 0 Å². The molecule has 0 bridgehead atoms. The molecule has 0 radical (unpaired) electrons. The largest absolute Gasteiger partial charge is 0.393 e. The Morgan fingerprint density at radius 2 is 2.18 bits per heavy atom. The van der Waals surface area contributed by atoms with Crippen molar-refractivity contribution in [3.63, 3.8) is 0 Å². The first-order valence-electron chi connectivity index (χ1n) is 5.63. The minimum atomic E-state index is -0.436. The van der Waals surface area contributed by atoms with Crippen molar-refractivity contribution >= 4 is 0 Å². The first kappa shape index (κ1) is 11.7. The molecule has 0 amide bonds. The molecular weight excluding hydrogens is 218 g/mol. The molecule has 5 nitrogen and oxygen atoms in total. The summed E-state index contributed by atoms with van der Waals surface area (Å²) in [6, 6.07) is 5.64.